The van der Waals surface area contributed by atoms with E-state index in [-0.39, 0.29) is 0 Å². The van der Waals surface area contributed by atoms with Gasteiger partial charge in [0, 0.05) is 5.56 Å². The molecule has 1 aromatic carbocycles. The Bertz CT molecular complexity index is 632. The third-order valence-electron chi connectivity index (χ3n) is 3.64. The summed E-state index contributed by atoms with van der Waals surface area (Å²) in [5, 5.41) is 14.8. The largest absolute Gasteiger partial charge is 0.213 e. The average Bonchev–Trinajstić information content (AvgIpc) is 2.88. The van der Waals surface area contributed by atoms with Gasteiger partial charge >= 0.3 is 0 Å². The summed E-state index contributed by atoms with van der Waals surface area (Å²) in [5.41, 5.74) is 2.38. The molecule has 1 aliphatic carbocycles. The van der Waals surface area contributed by atoms with Crippen LogP contribution in [0.3, 0.4) is 0 Å². The minimum absolute atomic E-state index is 0.522. The molecule has 1 aliphatic heterocycles. The van der Waals surface area contributed by atoms with Gasteiger partial charge < -0.3 is 0 Å². The number of benzene rings is 1. The number of hydrogen-bond acceptors (Lipinski definition) is 4. The van der Waals surface area contributed by atoms with E-state index in [1.54, 1.807) is 0 Å². The fourth-order valence-electron chi connectivity index (χ4n) is 2.66. The topological polar surface area (TPSA) is 43.1 Å². The molecular weight excluding hydrogens is 256 g/mol. The molecule has 0 unspecified atom stereocenters. The Kier molecular flexibility index (Phi) is 2.65. The van der Waals surface area contributed by atoms with Gasteiger partial charge in [-0.05, 0) is 19.3 Å². The van der Waals surface area contributed by atoms with Crippen LogP contribution in [0.4, 0.5) is 0 Å². The Morgan fingerprint density at radius 1 is 1.11 bits per heavy atom. The second-order valence-electron chi connectivity index (χ2n) is 4.93. The molecule has 0 amide bonds. The highest BCUT2D eigenvalue weighted by Gasteiger charge is 2.29. The van der Waals surface area contributed by atoms with Crippen molar-refractivity contribution in [2.24, 2.45) is 5.10 Å². The third-order valence-corrected chi connectivity index (χ3v) is 4.90. The van der Waals surface area contributed by atoms with Crippen LogP contribution in [0.1, 0.15) is 25.7 Å². The van der Waals surface area contributed by atoms with Gasteiger partial charge in [-0.1, -0.05) is 48.5 Å². The Morgan fingerprint density at radius 2 is 2.00 bits per heavy atom. The lowest BCUT2D eigenvalue weighted by Gasteiger charge is -2.26. The molecule has 0 spiro atoms. The first-order chi connectivity index (χ1) is 9.42. The minimum atomic E-state index is 0.522. The first kappa shape index (κ1) is 11.2. The summed E-state index contributed by atoms with van der Waals surface area (Å²) in [5.74, 6) is 0.847. The third kappa shape index (κ3) is 1.89. The molecule has 19 heavy (non-hydrogen) atoms. The lowest BCUT2D eigenvalue weighted by atomic mass is 9.98. The predicted molar refractivity (Wildman–Crippen MR) is 76.4 cm³/mol. The van der Waals surface area contributed by atoms with E-state index in [0.717, 1.165) is 23.0 Å². The molecule has 1 fully saturated rings. The van der Waals surface area contributed by atoms with Crippen molar-refractivity contribution in [3.8, 4) is 11.4 Å². The number of thioether (sulfide) groups is 1. The van der Waals surface area contributed by atoms with Crippen LogP contribution in [0.25, 0.3) is 11.4 Å². The van der Waals surface area contributed by atoms with Crippen molar-refractivity contribution in [1.82, 2.24) is 14.9 Å². The van der Waals surface area contributed by atoms with Gasteiger partial charge in [0.15, 0.2) is 5.82 Å². The first-order valence-corrected chi connectivity index (χ1v) is 7.55. The molecule has 5 heteroatoms. The normalized spacial score (nSPS) is 21.5. The molecule has 0 N–H and O–H groups in total. The van der Waals surface area contributed by atoms with Crippen LogP contribution in [-0.4, -0.2) is 25.8 Å². The Labute approximate surface area is 115 Å². The quantitative estimate of drug-likeness (QED) is 0.799. The molecule has 2 aliphatic rings. The highest BCUT2D eigenvalue weighted by atomic mass is 32.2. The Balaban J connectivity index is 1.80. The highest BCUT2D eigenvalue weighted by Crippen LogP contribution is 2.36. The lowest BCUT2D eigenvalue weighted by molar-refractivity contribution is 0.642. The summed E-state index contributed by atoms with van der Waals surface area (Å²) in [6, 6.07) is 10.1. The van der Waals surface area contributed by atoms with Gasteiger partial charge in [0.05, 0.1) is 11.0 Å². The van der Waals surface area contributed by atoms with Gasteiger partial charge in [0.2, 0.25) is 5.16 Å². The first-order valence-electron chi connectivity index (χ1n) is 6.67. The van der Waals surface area contributed by atoms with Crippen molar-refractivity contribution in [3.63, 3.8) is 0 Å². The van der Waals surface area contributed by atoms with E-state index in [1.807, 2.05) is 34.6 Å². The van der Waals surface area contributed by atoms with Gasteiger partial charge in [-0.3, -0.25) is 0 Å². The van der Waals surface area contributed by atoms with E-state index in [4.69, 9.17) is 5.10 Å². The fourth-order valence-corrected chi connectivity index (χ4v) is 3.81. The summed E-state index contributed by atoms with van der Waals surface area (Å²) in [7, 11) is 0. The molecule has 96 valence electrons. The minimum Gasteiger partial charge on any atom is -0.187 e. The SMILES string of the molecule is c1ccc(-c2nnc3n2N=C2CCCC[C@H]2S3)cc1. The summed E-state index contributed by atoms with van der Waals surface area (Å²) >= 11 is 1.81. The van der Waals surface area contributed by atoms with Crippen molar-refractivity contribution in [3.05, 3.63) is 30.3 Å². The van der Waals surface area contributed by atoms with Crippen molar-refractivity contribution in [2.45, 2.75) is 36.1 Å². The molecule has 0 saturated heterocycles. The standard InChI is InChI=1S/C14H14N4S/c1-2-6-10(7-3-1)13-15-16-14-18(13)17-11-8-4-5-9-12(11)19-14/h1-3,6-7,12H,4-5,8-9H2/t12-/m1/s1. The summed E-state index contributed by atoms with van der Waals surface area (Å²) in [6.07, 6.45) is 4.89. The highest BCUT2D eigenvalue weighted by molar-refractivity contribution is 8.00. The predicted octanol–water partition coefficient (Wildman–Crippen LogP) is 3.20. The van der Waals surface area contributed by atoms with Crippen molar-refractivity contribution >= 4 is 17.5 Å². The summed E-state index contributed by atoms with van der Waals surface area (Å²) in [6.45, 7) is 0. The second-order valence-corrected chi connectivity index (χ2v) is 6.10. The maximum absolute atomic E-state index is 4.79. The number of nitrogens with zero attached hydrogens (tertiary/aromatic N) is 4. The fraction of sp³-hybridized carbons (Fsp3) is 0.357. The number of rotatable bonds is 1. The van der Waals surface area contributed by atoms with E-state index in [9.17, 15) is 0 Å². The molecule has 2 aromatic rings. The van der Waals surface area contributed by atoms with Crippen LogP contribution >= 0.6 is 11.8 Å². The van der Waals surface area contributed by atoms with Crippen LogP contribution in [-0.2, 0) is 0 Å². The molecule has 0 bridgehead atoms. The van der Waals surface area contributed by atoms with E-state index in [2.05, 4.69) is 22.3 Å². The second kappa shape index (κ2) is 4.49. The molecule has 4 nitrogen and oxygen atoms in total. The Hall–Kier alpha value is -1.62. The molecule has 2 heterocycles. The summed E-state index contributed by atoms with van der Waals surface area (Å²) in [4.78, 5) is 0. The molecular formula is C14H14N4S. The number of aromatic nitrogens is 3. The molecule has 1 atom stereocenters. The molecule has 0 radical (unpaired) electrons. The summed E-state index contributed by atoms with van der Waals surface area (Å²) < 4.78 is 1.91. The van der Waals surface area contributed by atoms with Gasteiger partial charge in [-0.2, -0.15) is 9.78 Å². The van der Waals surface area contributed by atoms with Gasteiger partial charge in [-0.25, -0.2) is 0 Å². The number of hydrogen-bond donors (Lipinski definition) is 0. The smallest absolute Gasteiger partial charge is 0.187 e. The average molecular weight is 270 g/mol. The molecule has 4 rings (SSSR count). The van der Waals surface area contributed by atoms with E-state index in [0.29, 0.717) is 5.25 Å². The van der Waals surface area contributed by atoms with E-state index < -0.39 is 0 Å². The van der Waals surface area contributed by atoms with Crippen molar-refractivity contribution < 1.29 is 0 Å². The van der Waals surface area contributed by atoms with Crippen LogP contribution in [0.5, 0.6) is 0 Å². The van der Waals surface area contributed by atoms with Gasteiger partial charge in [0.1, 0.15) is 0 Å². The zero-order valence-electron chi connectivity index (χ0n) is 10.5. The maximum Gasteiger partial charge on any atom is 0.213 e. The van der Waals surface area contributed by atoms with Crippen molar-refractivity contribution in [1.29, 1.82) is 0 Å². The van der Waals surface area contributed by atoms with Crippen LogP contribution in [0.15, 0.2) is 40.6 Å². The van der Waals surface area contributed by atoms with Crippen LogP contribution in [0.2, 0.25) is 0 Å². The van der Waals surface area contributed by atoms with Gasteiger partial charge in [0.25, 0.3) is 0 Å². The molecule has 1 saturated carbocycles. The van der Waals surface area contributed by atoms with Gasteiger partial charge in [-0.15, -0.1) is 10.2 Å². The van der Waals surface area contributed by atoms with E-state index >= 15 is 0 Å². The Morgan fingerprint density at radius 3 is 2.89 bits per heavy atom. The van der Waals surface area contributed by atoms with Crippen molar-refractivity contribution in [2.75, 3.05) is 0 Å². The zero-order valence-corrected chi connectivity index (χ0v) is 11.3. The van der Waals surface area contributed by atoms with E-state index in [1.165, 1.54) is 25.0 Å². The number of fused-ring (bicyclic) bond motifs is 2. The maximum atomic E-state index is 4.79. The zero-order chi connectivity index (χ0) is 12.7. The molecule has 1 aromatic heterocycles. The lowest BCUT2D eigenvalue weighted by Crippen LogP contribution is -2.26. The van der Waals surface area contributed by atoms with Crippen LogP contribution in [0, 0.1) is 0 Å². The van der Waals surface area contributed by atoms with Crippen LogP contribution < -0.4 is 0 Å². The monoisotopic (exact) mass is 270 g/mol.